The van der Waals surface area contributed by atoms with Crippen LogP contribution in [0.3, 0.4) is 0 Å². The summed E-state index contributed by atoms with van der Waals surface area (Å²) in [6.07, 6.45) is 1.01. The van der Waals surface area contributed by atoms with Crippen molar-refractivity contribution in [2.75, 3.05) is 24.3 Å². The molecule has 1 rings (SSSR count). The molecule has 1 aromatic rings. The van der Waals surface area contributed by atoms with Gasteiger partial charge in [0.1, 0.15) is 0 Å². The van der Waals surface area contributed by atoms with E-state index in [1.165, 1.54) is 7.11 Å². The van der Waals surface area contributed by atoms with Crippen molar-refractivity contribution in [1.82, 2.24) is 0 Å². The highest BCUT2D eigenvalue weighted by atomic mass is 16.5. The zero-order chi connectivity index (χ0) is 13.7. The van der Waals surface area contributed by atoms with E-state index in [4.69, 9.17) is 10.5 Å². The maximum Gasteiger partial charge on any atom is 0.340 e. The van der Waals surface area contributed by atoms with Crippen molar-refractivity contribution in [3.8, 4) is 0 Å². The molecule has 0 aromatic heterocycles. The van der Waals surface area contributed by atoms with Gasteiger partial charge >= 0.3 is 5.97 Å². The maximum absolute atomic E-state index is 11.8. The molecule has 0 fully saturated rings. The van der Waals surface area contributed by atoms with Crippen LogP contribution < -0.4 is 10.6 Å². The fraction of sp³-hybridized carbons (Fsp3) is 0.500. The van der Waals surface area contributed by atoms with Gasteiger partial charge in [0.05, 0.1) is 18.4 Å². The Hall–Kier alpha value is -1.71. The van der Waals surface area contributed by atoms with E-state index in [9.17, 15) is 4.79 Å². The van der Waals surface area contributed by atoms with Crippen molar-refractivity contribution < 1.29 is 9.53 Å². The summed E-state index contributed by atoms with van der Waals surface area (Å²) < 4.78 is 4.82. The molecule has 0 spiro atoms. The van der Waals surface area contributed by atoms with Crippen LogP contribution in [0.1, 0.15) is 37.6 Å². The number of esters is 1. The van der Waals surface area contributed by atoms with Crippen molar-refractivity contribution in [3.63, 3.8) is 0 Å². The smallest absolute Gasteiger partial charge is 0.340 e. The molecule has 0 saturated heterocycles. The Bertz CT molecular complexity index is 418. The average Bonchev–Trinajstić information content (AvgIpc) is 2.39. The molecular formula is C14H22N2O2. The number of ether oxygens (including phenoxy) is 1. The molecule has 2 N–H and O–H groups in total. The molecular weight excluding hydrogens is 228 g/mol. The molecule has 0 bridgehead atoms. The van der Waals surface area contributed by atoms with E-state index < -0.39 is 0 Å². The molecule has 0 aliphatic carbocycles. The lowest BCUT2D eigenvalue weighted by atomic mass is 10.1. The van der Waals surface area contributed by atoms with Crippen LogP contribution in [0.15, 0.2) is 18.2 Å². The van der Waals surface area contributed by atoms with Crippen LogP contribution in [0.2, 0.25) is 0 Å². The van der Waals surface area contributed by atoms with Crippen molar-refractivity contribution >= 4 is 17.3 Å². The number of nitrogen functional groups attached to an aromatic ring is 1. The van der Waals surface area contributed by atoms with Crippen LogP contribution in [0.25, 0.3) is 0 Å². The molecule has 0 aliphatic heterocycles. The standard InChI is InChI=1S/C14H22N2O2/c1-5-10(3)16(6-2)13-8-7-11(15)9-12(13)14(17)18-4/h7-10H,5-6,15H2,1-4H3. The third kappa shape index (κ3) is 2.94. The predicted molar refractivity (Wildman–Crippen MR) is 75.0 cm³/mol. The number of carbonyl (C=O) groups is 1. The number of hydrogen-bond donors (Lipinski definition) is 1. The third-order valence-corrected chi connectivity index (χ3v) is 3.20. The van der Waals surface area contributed by atoms with Crippen molar-refractivity contribution in [1.29, 1.82) is 0 Å². The second-order valence-corrected chi connectivity index (χ2v) is 4.31. The van der Waals surface area contributed by atoms with Crippen molar-refractivity contribution in [2.24, 2.45) is 0 Å². The first-order valence-electron chi connectivity index (χ1n) is 6.29. The summed E-state index contributed by atoms with van der Waals surface area (Å²) in [7, 11) is 1.38. The molecule has 0 saturated carbocycles. The highest BCUT2D eigenvalue weighted by Crippen LogP contribution is 2.26. The highest BCUT2D eigenvalue weighted by molar-refractivity contribution is 5.97. The number of nitrogens with zero attached hydrogens (tertiary/aromatic N) is 1. The van der Waals surface area contributed by atoms with E-state index in [0.29, 0.717) is 17.3 Å². The lowest BCUT2D eigenvalue weighted by molar-refractivity contribution is 0.0601. The van der Waals surface area contributed by atoms with E-state index in [-0.39, 0.29) is 5.97 Å². The fourth-order valence-corrected chi connectivity index (χ4v) is 2.02. The molecule has 4 nitrogen and oxygen atoms in total. The number of nitrogens with two attached hydrogens (primary N) is 1. The Morgan fingerprint density at radius 2 is 2.11 bits per heavy atom. The van der Waals surface area contributed by atoms with Gasteiger partial charge in [0.15, 0.2) is 0 Å². The van der Waals surface area contributed by atoms with Crippen LogP contribution in [-0.2, 0) is 4.74 Å². The van der Waals surface area contributed by atoms with E-state index in [2.05, 4.69) is 25.7 Å². The minimum Gasteiger partial charge on any atom is -0.465 e. The Balaban J connectivity index is 3.25. The summed E-state index contributed by atoms with van der Waals surface area (Å²) in [5, 5.41) is 0. The summed E-state index contributed by atoms with van der Waals surface area (Å²) in [5.41, 5.74) is 7.72. The second-order valence-electron chi connectivity index (χ2n) is 4.31. The normalized spacial score (nSPS) is 12.0. The molecule has 0 heterocycles. The third-order valence-electron chi connectivity index (χ3n) is 3.20. The number of rotatable bonds is 5. The zero-order valence-corrected chi connectivity index (χ0v) is 11.6. The van der Waals surface area contributed by atoms with Crippen LogP contribution >= 0.6 is 0 Å². The maximum atomic E-state index is 11.8. The lowest BCUT2D eigenvalue weighted by Crippen LogP contribution is -2.33. The Labute approximate surface area is 109 Å². The molecule has 1 aromatic carbocycles. The average molecular weight is 250 g/mol. The van der Waals surface area contributed by atoms with Gasteiger partial charge in [-0.2, -0.15) is 0 Å². The molecule has 18 heavy (non-hydrogen) atoms. The van der Waals surface area contributed by atoms with Crippen molar-refractivity contribution in [2.45, 2.75) is 33.2 Å². The molecule has 1 unspecified atom stereocenters. The first kappa shape index (κ1) is 14.4. The molecule has 0 amide bonds. The Morgan fingerprint density at radius 3 is 2.61 bits per heavy atom. The van der Waals surface area contributed by atoms with Crippen LogP contribution in [-0.4, -0.2) is 25.7 Å². The summed E-state index contributed by atoms with van der Waals surface area (Å²) in [5.74, 6) is -0.348. The quantitative estimate of drug-likeness (QED) is 0.645. The van der Waals surface area contributed by atoms with Gasteiger partial charge in [0.2, 0.25) is 0 Å². The summed E-state index contributed by atoms with van der Waals surface area (Å²) >= 11 is 0. The topological polar surface area (TPSA) is 55.6 Å². The molecule has 100 valence electrons. The molecule has 0 radical (unpaired) electrons. The van der Waals surface area contributed by atoms with Crippen LogP contribution in [0.4, 0.5) is 11.4 Å². The zero-order valence-electron chi connectivity index (χ0n) is 11.6. The van der Waals surface area contributed by atoms with Gasteiger partial charge in [-0.25, -0.2) is 4.79 Å². The van der Waals surface area contributed by atoms with Crippen molar-refractivity contribution in [3.05, 3.63) is 23.8 Å². The van der Waals surface area contributed by atoms with Gasteiger partial charge in [-0.1, -0.05) is 6.92 Å². The minimum atomic E-state index is -0.348. The summed E-state index contributed by atoms with van der Waals surface area (Å²) in [4.78, 5) is 14.0. The fourth-order valence-electron chi connectivity index (χ4n) is 2.02. The van der Waals surface area contributed by atoms with E-state index >= 15 is 0 Å². The van der Waals surface area contributed by atoms with E-state index in [1.54, 1.807) is 6.07 Å². The number of methoxy groups -OCH3 is 1. The largest absolute Gasteiger partial charge is 0.465 e. The second kappa shape index (κ2) is 6.28. The number of anilines is 2. The number of benzene rings is 1. The van der Waals surface area contributed by atoms with Gasteiger partial charge < -0.3 is 15.4 Å². The van der Waals surface area contributed by atoms with Gasteiger partial charge in [-0.3, -0.25) is 0 Å². The first-order valence-corrected chi connectivity index (χ1v) is 6.29. The van der Waals surface area contributed by atoms with E-state index in [0.717, 1.165) is 18.7 Å². The molecule has 0 aliphatic rings. The molecule has 4 heteroatoms. The molecule has 1 atom stereocenters. The SMILES string of the molecule is CCC(C)N(CC)c1ccc(N)cc1C(=O)OC. The van der Waals surface area contributed by atoms with Crippen LogP contribution in [0, 0.1) is 0 Å². The number of hydrogen-bond acceptors (Lipinski definition) is 4. The van der Waals surface area contributed by atoms with Gasteiger partial charge in [0.25, 0.3) is 0 Å². The van der Waals surface area contributed by atoms with Gasteiger partial charge in [-0.05, 0) is 38.5 Å². The highest BCUT2D eigenvalue weighted by Gasteiger charge is 2.19. The van der Waals surface area contributed by atoms with E-state index in [1.807, 2.05) is 12.1 Å². The number of carbonyl (C=O) groups excluding carboxylic acids is 1. The lowest BCUT2D eigenvalue weighted by Gasteiger charge is -2.31. The van der Waals surface area contributed by atoms with Gasteiger partial charge in [0, 0.05) is 18.3 Å². The first-order chi connectivity index (χ1) is 8.54. The predicted octanol–water partition coefficient (Wildman–Crippen LogP) is 2.68. The summed E-state index contributed by atoms with van der Waals surface area (Å²) in [6.45, 7) is 7.18. The van der Waals surface area contributed by atoms with Gasteiger partial charge in [-0.15, -0.1) is 0 Å². The minimum absolute atomic E-state index is 0.348. The Morgan fingerprint density at radius 1 is 1.44 bits per heavy atom. The monoisotopic (exact) mass is 250 g/mol. The summed E-state index contributed by atoms with van der Waals surface area (Å²) in [6, 6.07) is 5.73. The van der Waals surface area contributed by atoms with Crippen LogP contribution in [0.5, 0.6) is 0 Å². The Kier molecular flexibility index (Phi) is 5.01.